The van der Waals surface area contributed by atoms with Crippen LogP contribution in [0.25, 0.3) is 10.8 Å². The lowest BCUT2D eigenvalue weighted by Crippen LogP contribution is -2.04. The Balaban J connectivity index is 1.60. The van der Waals surface area contributed by atoms with Crippen LogP contribution >= 0.6 is 0 Å². The van der Waals surface area contributed by atoms with Crippen LogP contribution in [0.2, 0.25) is 0 Å². The molecule has 2 heteroatoms. The summed E-state index contributed by atoms with van der Waals surface area (Å²) in [6.45, 7) is 1.03. The molecule has 2 nitrogen and oxygen atoms in total. The Kier molecular flexibility index (Phi) is 4.83. The molecule has 26 heavy (non-hydrogen) atoms. The lowest BCUT2D eigenvalue weighted by Gasteiger charge is -2.14. The van der Waals surface area contributed by atoms with Crippen molar-refractivity contribution in [2.75, 3.05) is 0 Å². The fourth-order valence-corrected chi connectivity index (χ4v) is 2.96. The summed E-state index contributed by atoms with van der Waals surface area (Å²) in [5.74, 6) is 1.74. The van der Waals surface area contributed by atoms with E-state index in [9.17, 15) is 0 Å². The van der Waals surface area contributed by atoms with E-state index in [1.54, 1.807) is 0 Å². The van der Waals surface area contributed by atoms with Gasteiger partial charge in [-0.1, -0.05) is 60.7 Å². The first-order valence-corrected chi connectivity index (χ1v) is 8.75. The molecule has 4 rings (SSSR count). The van der Waals surface area contributed by atoms with Gasteiger partial charge in [-0.3, -0.25) is 0 Å². The number of hydrogen-bond acceptors (Lipinski definition) is 2. The number of rotatable bonds is 6. The summed E-state index contributed by atoms with van der Waals surface area (Å²) in [6, 6.07) is 32.6. The number of hydrogen-bond donors (Lipinski definition) is 0. The molecule has 0 aromatic heterocycles. The van der Waals surface area contributed by atoms with Crippen LogP contribution < -0.4 is 9.47 Å². The van der Waals surface area contributed by atoms with Crippen LogP contribution in [0, 0.1) is 0 Å². The topological polar surface area (TPSA) is 18.5 Å². The van der Waals surface area contributed by atoms with Gasteiger partial charge in [0.05, 0.1) is 0 Å². The Hall–Kier alpha value is -3.26. The second kappa shape index (κ2) is 7.75. The summed E-state index contributed by atoms with van der Waals surface area (Å²) in [7, 11) is 0. The maximum absolute atomic E-state index is 5.98. The van der Waals surface area contributed by atoms with E-state index in [4.69, 9.17) is 9.47 Å². The molecule has 0 aliphatic carbocycles. The molecule has 0 heterocycles. The summed E-state index contributed by atoms with van der Waals surface area (Å²) < 4.78 is 12.0. The van der Waals surface area contributed by atoms with Gasteiger partial charge in [0, 0.05) is 0 Å². The average Bonchev–Trinajstić information content (AvgIpc) is 2.72. The van der Waals surface area contributed by atoms with Gasteiger partial charge in [-0.2, -0.15) is 0 Å². The second-order valence-electron chi connectivity index (χ2n) is 6.17. The summed E-state index contributed by atoms with van der Waals surface area (Å²) in [5.41, 5.74) is 2.28. The minimum atomic E-state index is 0.516. The summed E-state index contributed by atoms with van der Waals surface area (Å²) >= 11 is 0. The maximum atomic E-state index is 5.98. The highest BCUT2D eigenvalue weighted by Gasteiger charge is 2.08. The van der Waals surface area contributed by atoms with E-state index in [2.05, 4.69) is 36.4 Å². The fourth-order valence-electron chi connectivity index (χ4n) is 2.96. The first-order valence-electron chi connectivity index (χ1n) is 8.75. The van der Waals surface area contributed by atoms with Crippen molar-refractivity contribution < 1.29 is 9.47 Å². The number of benzene rings is 4. The number of fused-ring (bicyclic) bond motifs is 1. The van der Waals surface area contributed by atoms with Crippen LogP contribution in [0.3, 0.4) is 0 Å². The van der Waals surface area contributed by atoms with Crippen molar-refractivity contribution in [1.29, 1.82) is 0 Å². The first-order chi connectivity index (χ1) is 12.9. The molecule has 4 aromatic carbocycles. The van der Waals surface area contributed by atoms with Gasteiger partial charge in [-0.15, -0.1) is 0 Å². The van der Waals surface area contributed by atoms with Gasteiger partial charge in [0.1, 0.15) is 24.7 Å². The quantitative estimate of drug-likeness (QED) is 0.429. The van der Waals surface area contributed by atoms with Gasteiger partial charge in [-0.05, 0) is 58.3 Å². The van der Waals surface area contributed by atoms with Gasteiger partial charge in [0.2, 0.25) is 0 Å². The highest BCUT2D eigenvalue weighted by molar-refractivity contribution is 5.84. The fraction of sp³-hybridized carbons (Fsp3) is 0.0833. The highest BCUT2D eigenvalue weighted by Crippen LogP contribution is 2.23. The van der Waals surface area contributed by atoms with Gasteiger partial charge < -0.3 is 9.47 Å². The zero-order chi connectivity index (χ0) is 17.6. The van der Waals surface area contributed by atoms with Crippen LogP contribution in [0.15, 0.2) is 97.1 Å². The normalized spacial score (nSPS) is 10.6. The van der Waals surface area contributed by atoms with Crippen molar-refractivity contribution in [2.45, 2.75) is 13.2 Å². The van der Waals surface area contributed by atoms with Crippen molar-refractivity contribution in [3.05, 3.63) is 108 Å². The van der Waals surface area contributed by atoms with E-state index in [0.717, 1.165) is 22.6 Å². The standard InChI is InChI=1S/C24H20O2/c1-3-11-23(12-4-1)25-17-21-15-19-9-7-8-10-20(19)16-22(21)18-26-24-13-5-2-6-14-24/h1-16H,17-18H2. The molecule has 0 N–H and O–H groups in total. The van der Waals surface area contributed by atoms with E-state index in [0.29, 0.717) is 13.2 Å². The van der Waals surface area contributed by atoms with Crippen molar-refractivity contribution in [3.8, 4) is 11.5 Å². The van der Waals surface area contributed by atoms with Gasteiger partial charge >= 0.3 is 0 Å². The van der Waals surface area contributed by atoms with Gasteiger partial charge in [0.15, 0.2) is 0 Å². The van der Waals surface area contributed by atoms with E-state index in [1.807, 2.05) is 60.7 Å². The molecule has 0 amide bonds. The smallest absolute Gasteiger partial charge is 0.119 e. The Morgan fingerprint density at radius 3 is 1.27 bits per heavy atom. The van der Waals surface area contributed by atoms with Crippen molar-refractivity contribution in [1.82, 2.24) is 0 Å². The molecule has 0 aliphatic rings. The molecule has 0 fully saturated rings. The van der Waals surface area contributed by atoms with Crippen LogP contribution in [-0.2, 0) is 13.2 Å². The maximum Gasteiger partial charge on any atom is 0.119 e. The Bertz CT molecular complexity index is 897. The van der Waals surface area contributed by atoms with Crippen LogP contribution in [0.4, 0.5) is 0 Å². The molecule has 0 radical (unpaired) electrons. The molecule has 0 unspecified atom stereocenters. The molecule has 0 bridgehead atoms. The van der Waals surface area contributed by atoms with E-state index in [1.165, 1.54) is 10.8 Å². The van der Waals surface area contributed by atoms with E-state index < -0.39 is 0 Å². The molecule has 0 saturated carbocycles. The lowest BCUT2D eigenvalue weighted by molar-refractivity contribution is 0.286. The molecular formula is C24H20O2. The molecule has 0 atom stereocenters. The first kappa shape index (κ1) is 16.2. The average molecular weight is 340 g/mol. The third-order valence-corrected chi connectivity index (χ3v) is 4.34. The molecule has 4 aromatic rings. The zero-order valence-corrected chi connectivity index (χ0v) is 14.5. The van der Waals surface area contributed by atoms with Crippen molar-refractivity contribution >= 4 is 10.8 Å². The number of para-hydroxylation sites is 2. The zero-order valence-electron chi connectivity index (χ0n) is 14.5. The van der Waals surface area contributed by atoms with Crippen LogP contribution in [0.5, 0.6) is 11.5 Å². The molecule has 0 aliphatic heterocycles. The van der Waals surface area contributed by atoms with Gasteiger partial charge in [0.25, 0.3) is 0 Å². The predicted octanol–water partition coefficient (Wildman–Crippen LogP) is 6.00. The summed E-state index contributed by atoms with van der Waals surface area (Å²) in [5, 5.41) is 2.42. The van der Waals surface area contributed by atoms with Crippen molar-refractivity contribution in [3.63, 3.8) is 0 Å². The Morgan fingerprint density at radius 2 is 0.846 bits per heavy atom. The van der Waals surface area contributed by atoms with E-state index >= 15 is 0 Å². The summed E-state index contributed by atoms with van der Waals surface area (Å²) in [4.78, 5) is 0. The predicted molar refractivity (Wildman–Crippen MR) is 105 cm³/mol. The monoisotopic (exact) mass is 340 g/mol. The largest absolute Gasteiger partial charge is 0.489 e. The van der Waals surface area contributed by atoms with Crippen molar-refractivity contribution in [2.24, 2.45) is 0 Å². The molecule has 0 spiro atoms. The van der Waals surface area contributed by atoms with Crippen LogP contribution in [-0.4, -0.2) is 0 Å². The van der Waals surface area contributed by atoms with Crippen LogP contribution in [0.1, 0.15) is 11.1 Å². The molecule has 0 saturated heterocycles. The third kappa shape index (κ3) is 3.86. The third-order valence-electron chi connectivity index (χ3n) is 4.34. The SMILES string of the molecule is c1ccc(OCc2cc3ccccc3cc2COc2ccccc2)cc1. The second-order valence-corrected chi connectivity index (χ2v) is 6.17. The summed E-state index contributed by atoms with van der Waals surface area (Å²) in [6.07, 6.45) is 0. The molecular weight excluding hydrogens is 320 g/mol. The molecule has 128 valence electrons. The Labute approximate surface area is 153 Å². The number of ether oxygens (including phenoxy) is 2. The minimum Gasteiger partial charge on any atom is -0.489 e. The van der Waals surface area contributed by atoms with E-state index in [-0.39, 0.29) is 0 Å². The Morgan fingerprint density at radius 1 is 0.462 bits per heavy atom. The lowest BCUT2D eigenvalue weighted by atomic mass is 10.0. The minimum absolute atomic E-state index is 0.516. The highest BCUT2D eigenvalue weighted by atomic mass is 16.5. The van der Waals surface area contributed by atoms with Gasteiger partial charge in [-0.25, -0.2) is 0 Å².